The molecule has 5 heteroatoms. The standard InChI is InChI=1S/C13H14N4O/c1-3-10-9(7-17(2)16-10)13-14-11-5-4-8(18)6-12(11)15-13/h4-7,18H,3H2,1-2H3,(H,14,15). The molecule has 18 heavy (non-hydrogen) atoms. The molecule has 0 aliphatic rings. The minimum atomic E-state index is 0.236. The van der Waals surface area contributed by atoms with Crippen LogP contribution in [-0.2, 0) is 13.5 Å². The van der Waals surface area contributed by atoms with Crippen LogP contribution in [0, 0.1) is 0 Å². The molecule has 0 fully saturated rings. The third-order valence-corrected chi connectivity index (χ3v) is 2.96. The molecule has 1 aromatic carbocycles. The van der Waals surface area contributed by atoms with Gasteiger partial charge in [-0.3, -0.25) is 4.68 Å². The fraction of sp³-hybridized carbons (Fsp3) is 0.231. The van der Waals surface area contributed by atoms with E-state index in [-0.39, 0.29) is 5.75 Å². The fourth-order valence-electron chi connectivity index (χ4n) is 2.12. The fourth-order valence-corrected chi connectivity index (χ4v) is 2.12. The Hall–Kier alpha value is -2.30. The summed E-state index contributed by atoms with van der Waals surface area (Å²) < 4.78 is 1.79. The first-order valence-electron chi connectivity index (χ1n) is 5.89. The average molecular weight is 242 g/mol. The van der Waals surface area contributed by atoms with Crippen molar-refractivity contribution in [3.05, 3.63) is 30.1 Å². The topological polar surface area (TPSA) is 66.7 Å². The van der Waals surface area contributed by atoms with E-state index in [0.29, 0.717) is 0 Å². The molecule has 0 unspecified atom stereocenters. The number of phenols is 1. The summed E-state index contributed by atoms with van der Waals surface area (Å²) in [6.07, 6.45) is 2.81. The number of benzene rings is 1. The third-order valence-electron chi connectivity index (χ3n) is 2.96. The number of aromatic amines is 1. The number of imidazole rings is 1. The van der Waals surface area contributed by atoms with Crippen LogP contribution in [0.25, 0.3) is 22.4 Å². The predicted octanol–water partition coefficient (Wildman–Crippen LogP) is 2.23. The maximum absolute atomic E-state index is 9.45. The molecule has 5 nitrogen and oxygen atoms in total. The van der Waals surface area contributed by atoms with Gasteiger partial charge in [0.25, 0.3) is 0 Å². The van der Waals surface area contributed by atoms with Gasteiger partial charge < -0.3 is 10.1 Å². The molecular weight excluding hydrogens is 228 g/mol. The van der Waals surface area contributed by atoms with Gasteiger partial charge in [-0.05, 0) is 18.6 Å². The van der Waals surface area contributed by atoms with Crippen LogP contribution in [0.3, 0.4) is 0 Å². The van der Waals surface area contributed by atoms with Crippen LogP contribution in [0.4, 0.5) is 0 Å². The maximum Gasteiger partial charge on any atom is 0.141 e. The van der Waals surface area contributed by atoms with Crippen molar-refractivity contribution >= 4 is 11.0 Å². The lowest BCUT2D eigenvalue weighted by Crippen LogP contribution is -1.89. The zero-order valence-electron chi connectivity index (χ0n) is 10.3. The van der Waals surface area contributed by atoms with Gasteiger partial charge in [-0.1, -0.05) is 6.92 Å². The molecule has 0 radical (unpaired) electrons. The van der Waals surface area contributed by atoms with E-state index in [1.165, 1.54) is 0 Å². The molecule has 2 heterocycles. The largest absolute Gasteiger partial charge is 0.508 e. The Balaban J connectivity index is 2.18. The SMILES string of the molecule is CCc1nn(C)cc1-c1nc2ccc(O)cc2[nH]1. The Morgan fingerprint density at radius 1 is 1.39 bits per heavy atom. The minimum absolute atomic E-state index is 0.236. The van der Waals surface area contributed by atoms with Crippen LogP contribution in [-0.4, -0.2) is 24.9 Å². The number of aromatic nitrogens is 4. The van der Waals surface area contributed by atoms with Crippen LogP contribution >= 0.6 is 0 Å². The quantitative estimate of drug-likeness (QED) is 0.724. The van der Waals surface area contributed by atoms with Gasteiger partial charge in [0.1, 0.15) is 11.6 Å². The number of hydrogen-bond donors (Lipinski definition) is 2. The van der Waals surface area contributed by atoms with Gasteiger partial charge >= 0.3 is 0 Å². The summed E-state index contributed by atoms with van der Waals surface area (Å²) >= 11 is 0. The van der Waals surface area contributed by atoms with Crippen LogP contribution < -0.4 is 0 Å². The number of nitrogens with one attached hydrogen (secondary N) is 1. The van der Waals surface area contributed by atoms with Crippen LogP contribution in [0.15, 0.2) is 24.4 Å². The number of hydrogen-bond acceptors (Lipinski definition) is 3. The lowest BCUT2D eigenvalue weighted by atomic mass is 10.2. The Bertz CT molecular complexity index is 711. The smallest absolute Gasteiger partial charge is 0.141 e. The molecular formula is C13H14N4O. The maximum atomic E-state index is 9.45. The first-order chi connectivity index (χ1) is 8.67. The molecule has 0 spiro atoms. The number of H-pyrrole nitrogens is 1. The summed E-state index contributed by atoms with van der Waals surface area (Å²) in [5.74, 6) is 1.03. The molecule has 0 aliphatic carbocycles. The van der Waals surface area contributed by atoms with Gasteiger partial charge in [0, 0.05) is 19.3 Å². The van der Waals surface area contributed by atoms with Gasteiger partial charge in [0.15, 0.2) is 0 Å². The molecule has 0 atom stereocenters. The summed E-state index contributed by atoms with van der Waals surface area (Å²) in [6, 6.07) is 5.11. The summed E-state index contributed by atoms with van der Waals surface area (Å²) in [4.78, 5) is 7.74. The molecule has 0 amide bonds. The number of aromatic hydroxyl groups is 1. The molecule has 2 N–H and O–H groups in total. The lowest BCUT2D eigenvalue weighted by molar-refractivity contribution is 0.476. The molecule has 2 aromatic heterocycles. The van der Waals surface area contributed by atoms with E-state index in [0.717, 1.165) is 34.5 Å². The van der Waals surface area contributed by atoms with Crippen LogP contribution in [0.5, 0.6) is 5.75 Å². The van der Waals surface area contributed by atoms with Crippen molar-refractivity contribution in [2.75, 3.05) is 0 Å². The molecule has 0 aliphatic heterocycles. The Morgan fingerprint density at radius 2 is 2.22 bits per heavy atom. The van der Waals surface area contributed by atoms with E-state index >= 15 is 0 Å². The van der Waals surface area contributed by atoms with Crippen molar-refractivity contribution in [2.24, 2.45) is 7.05 Å². The van der Waals surface area contributed by atoms with Crippen molar-refractivity contribution in [1.29, 1.82) is 0 Å². The van der Waals surface area contributed by atoms with E-state index < -0.39 is 0 Å². The molecule has 0 bridgehead atoms. The zero-order chi connectivity index (χ0) is 12.7. The number of rotatable bonds is 2. The third kappa shape index (κ3) is 1.64. The van der Waals surface area contributed by atoms with E-state index in [1.807, 2.05) is 13.2 Å². The second kappa shape index (κ2) is 3.87. The number of fused-ring (bicyclic) bond motifs is 1. The number of nitrogens with zero attached hydrogens (tertiary/aromatic N) is 3. The highest BCUT2D eigenvalue weighted by molar-refractivity contribution is 5.80. The predicted molar refractivity (Wildman–Crippen MR) is 69.3 cm³/mol. The van der Waals surface area contributed by atoms with Crippen LogP contribution in [0.2, 0.25) is 0 Å². The first-order valence-corrected chi connectivity index (χ1v) is 5.89. The molecule has 92 valence electrons. The van der Waals surface area contributed by atoms with Crippen molar-refractivity contribution in [3.63, 3.8) is 0 Å². The van der Waals surface area contributed by atoms with E-state index in [2.05, 4.69) is 22.0 Å². The van der Waals surface area contributed by atoms with Crippen molar-refractivity contribution in [2.45, 2.75) is 13.3 Å². The summed E-state index contributed by atoms with van der Waals surface area (Å²) in [5, 5.41) is 13.9. The summed E-state index contributed by atoms with van der Waals surface area (Å²) in [6.45, 7) is 2.07. The highest BCUT2D eigenvalue weighted by Gasteiger charge is 2.12. The Labute approximate surface area is 104 Å². The van der Waals surface area contributed by atoms with Gasteiger partial charge in [0.2, 0.25) is 0 Å². The summed E-state index contributed by atoms with van der Waals surface area (Å²) in [7, 11) is 1.90. The highest BCUT2D eigenvalue weighted by atomic mass is 16.3. The number of phenolic OH excluding ortho intramolecular Hbond substituents is 1. The van der Waals surface area contributed by atoms with Gasteiger partial charge in [-0.15, -0.1) is 0 Å². The van der Waals surface area contributed by atoms with E-state index in [4.69, 9.17) is 0 Å². The highest BCUT2D eigenvalue weighted by Crippen LogP contribution is 2.25. The minimum Gasteiger partial charge on any atom is -0.508 e. The van der Waals surface area contributed by atoms with Crippen molar-refractivity contribution in [3.8, 4) is 17.1 Å². The average Bonchev–Trinajstić information content (AvgIpc) is 2.91. The van der Waals surface area contributed by atoms with Crippen molar-refractivity contribution < 1.29 is 5.11 Å². The number of aryl methyl sites for hydroxylation is 2. The van der Waals surface area contributed by atoms with Crippen molar-refractivity contribution in [1.82, 2.24) is 19.7 Å². The van der Waals surface area contributed by atoms with Gasteiger partial charge in [-0.25, -0.2) is 4.98 Å². The van der Waals surface area contributed by atoms with Gasteiger partial charge in [0.05, 0.1) is 22.3 Å². The van der Waals surface area contributed by atoms with Crippen LogP contribution in [0.1, 0.15) is 12.6 Å². The zero-order valence-corrected chi connectivity index (χ0v) is 10.3. The monoisotopic (exact) mass is 242 g/mol. The molecule has 3 rings (SSSR count). The second-order valence-corrected chi connectivity index (χ2v) is 4.30. The normalized spacial score (nSPS) is 11.2. The van der Waals surface area contributed by atoms with E-state index in [9.17, 15) is 5.11 Å². The van der Waals surface area contributed by atoms with Gasteiger partial charge in [-0.2, -0.15) is 5.10 Å². The van der Waals surface area contributed by atoms with E-state index in [1.54, 1.807) is 22.9 Å². The first kappa shape index (κ1) is 10.8. The second-order valence-electron chi connectivity index (χ2n) is 4.30. The molecule has 0 saturated carbocycles. The molecule has 3 aromatic rings. The lowest BCUT2D eigenvalue weighted by Gasteiger charge is -1.93. The summed E-state index contributed by atoms with van der Waals surface area (Å²) in [5.41, 5.74) is 3.70. The Morgan fingerprint density at radius 3 is 3.00 bits per heavy atom. The Kier molecular flexibility index (Phi) is 2.33. The molecule has 0 saturated heterocycles.